The van der Waals surface area contributed by atoms with E-state index in [-0.39, 0.29) is 0 Å². The number of hydrogen-bond donors (Lipinski definition) is 1. The Hall–Kier alpha value is -0.980. The highest BCUT2D eigenvalue weighted by Crippen LogP contribution is 2.67. The number of benzene rings is 1. The third-order valence-corrected chi connectivity index (χ3v) is 7.92. The van der Waals surface area contributed by atoms with Crippen molar-refractivity contribution in [1.82, 2.24) is 0 Å². The summed E-state index contributed by atoms with van der Waals surface area (Å²) in [5, 5.41) is 9.89. The highest BCUT2D eigenvalue weighted by molar-refractivity contribution is 5.46. The lowest BCUT2D eigenvalue weighted by molar-refractivity contribution is -0.0982. The lowest BCUT2D eigenvalue weighted by Crippen LogP contribution is -2.55. The third kappa shape index (κ3) is 1.71. The van der Waals surface area contributed by atoms with E-state index in [1.807, 2.05) is 12.1 Å². The van der Waals surface area contributed by atoms with Crippen molar-refractivity contribution in [2.75, 3.05) is 0 Å². The fraction of sp³-hybridized carbons (Fsp3) is 0.714. The zero-order chi connectivity index (χ0) is 15.8. The fourth-order valence-corrected chi connectivity index (χ4v) is 6.96. The highest BCUT2D eigenvalue weighted by atomic mass is 16.3. The van der Waals surface area contributed by atoms with E-state index in [1.54, 1.807) is 0 Å². The van der Waals surface area contributed by atoms with Crippen LogP contribution >= 0.6 is 0 Å². The van der Waals surface area contributed by atoms with Crippen LogP contribution in [0.25, 0.3) is 0 Å². The van der Waals surface area contributed by atoms with Gasteiger partial charge in [-0.1, -0.05) is 40.2 Å². The highest BCUT2D eigenvalue weighted by Gasteiger charge is 2.60. The van der Waals surface area contributed by atoms with Crippen LogP contribution in [0.2, 0.25) is 0 Å². The molecule has 0 aliphatic heterocycles. The van der Waals surface area contributed by atoms with Crippen LogP contribution in [0, 0.1) is 22.7 Å². The summed E-state index contributed by atoms with van der Waals surface area (Å²) in [4.78, 5) is 0. The molecule has 4 atom stereocenters. The molecule has 0 unspecified atom stereocenters. The molecule has 4 rings (SSSR count). The van der Waals surface area contributed by atoms with Gasteiger partial charge in [-0.3, -0.25) is 0 Å². The van der Waals surface area contributed by atoms with Crippen molar-refractivity contribution in [3.05, 3.63) is 29.3 Å². The van der Waals surface area contributed by atoms with Crippen LogP contribution in [0.3, 0.4) is 0 Å². The topological polar surface area (TPSA) is 20.2 Å². The first-order valence-corrected chi connectivity index (χ1v) is 9.10. The average molecular weight is 298 g/mol. The molecule has 1 nitrogen and oxygen atoms in total. The summed E-state index contributed by atoms with van der Waals surface area (Å²) in [6.45, 7) is 10.1. The standard InChI is InChI=1S/C21H30O/c1-19(2)9-5-10-21(4)17(19)8-11-20(3)16-7-6-15(22)12-14(16)13-18(20)21/h6-7,12,17-18,22H,5,8-11,13H2,1-4H3/t17-,18+,20+,21-/m0/s1. The minimum Gasteiger partial charge on any atom is -0.508 e. The number of phenolic OH excluding ortho intramolecular Hbond substituents is 1. The normalized spacial score (nSPS) is 42.4. The maximum Gasteiger partial charge on any atom is 0.115 e. The minimum atomic E-state index is 0.321. The largest absolute Gasteiger partial charge is 0.508 e. The van der Waals surface area contributed by atoms with Crippen LogP contribution in [-0.2, 0) is 11.8 Å². The van der Waals surface area contributed by atoms with Crippen molar-refractivity contribution >= 4 is 0 Å². The quantitative estimate of drug-likeness (QED) is 0.675. The van der Waals surface area contributed by atoms with Crippen molar-refractivity contribution in [3.63, 3.8) is 0 Å². The van der Waals surface area contributed by atoms with Crippen LogP contribution in [0.15, 0.2) is 18.2 Å². The smallest absolute Gasteiger partial charge is 0.115 e. The van der Waals surface area contributed by atoms with Gasteiger partial charge in [0.25, 0.3) is 0 Å². The molecule has 0 saturated heterocycles. The van der Waals surface area contributed by atoms with Crippen LogP contribution in [0.1, 0.15) is 70.9 Å². The Kier molecular flexibility index (Phi) is 2.86. The molecule has 1 N–H and O–H groups in total. The summed E-state index contributed by atoms with van der Waals surface area (Å²) in [5.41, 5.74) is 4.21. The molecule has 0 bridgehead atoms. The Labute approximate surface area is 135 Å². The molecule has 0 heterocycles. The molecule has 2 fully saturated rings. The molecule has 0 amide bonds. The predicted molar refractivity (Wildman–Crippen MR) is 91.1 cm³/mol. The van der Waals surface area contributed by atoms with Gasteiger partial charge in [0.2, 0.25) is 0 Å². The molecule has 22 heavy (non-hydrogen) atoms. The van der Waals surface area contributed by atoms with E-state index in [2.05, 4.69) is 33.8 Å². The van der Waals surface area contributed by atoms with Gasteiger partial charge < -0.3 is 5.11 Å². The Bertz CT molecular complexity index is 616. The molecule has 1 aromatic carbocycles. The number of rotatable bonds is 0. The van der Waals surface area contributed by atoms with E-state index >= 15 is 0 Å². The van der Waals surface area contributed by atoms with Gasteiger partial charge in [-0.25, -0.2) is 0 Å². The Morgan fingerprint density at radius 3 is 2.55 bits per heavy atom. The van der Waals surface area contributed by atoms with Gasteiger partial charge in [0, 0.05) is 0 Å². The maximum absolute atomic E-state index is 9.89. The van der Waals surface area contributed by atoms with Gasteiger partial charge in [0.1, 0.15) is 5.75 Å². The van der Waals surface area contributed by atoms with Crippen molar-refractivity contribution in [1.29, 1.82) is 0 Å². The first kappa shape index (κ1) is 14.6. The number of fused-ring (bicyclic) bond motifs is 5. The van der Waals surface area contributed by atoms with Crippen LogP contribution in [0.4, 0.5) is 0 Å². The second-order valence-corrected chi connectivity index (χ2v) is 9.45. The van der Waals surface area contributed by atoms with Gasteiger partial charge in [-0.05, 0) is 83.4 Å². The van der Waals surface area contributed by atoms with E-state index in [4.69, 9.17) is 0 Å². The predicted octanol–water partition coefficient (Wildman–Crippen LogP) is 5.45. The molecule has 2 saturated carbocycles. The molecule has 3 aliphatic rings. The number of aromatic hydroxyl groups is 1. The SMILES string of the molecule is CC1(C)CCC[C@@]2(C)[C@H]1CC[C@]1(C)c3ccc(O)cc3C[C@@H]21. The summed E-state index contributed by atoms with van der Waals surface area (Å²) in [5.74, 6) is 2.04. The second kappa shape index (κ2) is 4.30. The van der Waals surface area contributed by atoms with E-state index < -0.39 is 0 Å². The second-order valence-electron chi connectivity index (χ2n) is 9.45. The van der Waals surface area contributed by atoms with Crippen molar-refractivity contribution in [2.45, 2.75) is 71.6 Å². The van der Waals surface area contributed by atoms with Crippen molar-refractivity contribution < 1.29 is 5.11 Å². The molecular formula is C21H30O. The van der Waals surface area contributed by atoms with Gasteiger partial charge in [0.15, 0.2) is 0 Å². The van der Waals surface area contributed by atoms with Gasteiger partial charge in [-0.2, -0.15) is 0 Å². The van der Waals surface area contributed by atoms with Crippen LogP contribution in [0.5, 0.6) is 5.75 Å². The fourth-order valence-electron chi connectivity index (χ4n) is 6.96. The summed E-state index contributed by atoms with van der Waals surface area (Å²) in [6.07, 6.45) is 8.03. The third-order valence-electron chi connectivity index (χ3n) is 7.92. The van der Waals surface area contributed by atoms with E-state index in [0.29, 0.717) is 22.0 Å². The Morgan fingerprint density at radius 2 is 1.77 bits per heavy atom. The summed E-state index contributed by atoms with van der Waals surface area (Å²) < 4.78 is 0. The van der Waals surface area contributed by atoms with E-state index in [9.17, 15) is 5.11 Å². The number of hydrogen-bond acceptors (Lipinski definition) is 1. The van der Waals surface area contributed by atoms with Gasteiger partial charge in [0.05, 0.1) is 0 Å². The van der Waals surface area contributed by atoms with Crippen molar-refractivity contribution in [2.24, 2.45) is 22.7 Å². The Balaban J connectivity index is 1.81. The summed E-state index contributed by atoms with van der Waals surface area (Å²) >= 11 is 0. The molecule has 0 radical (unpaired) electrons. The molecule has 0 aromatic heterocycles. The van der Waals surface area contributed by atoms with Crippen LogP contribution < -0.4 is 0 Å². The zero-order valence-electron chi connectivity index (χ0n) is 14.6. The first-order valence-electron chi connectivity index (χ1n) is 9.10. The lowest BCUT2D eigenvalue weighted by atomic mass is 9.43. The maximum atomic E-state index is 9.89. The van der Waals surface area contributed by atoms with Crippen LogP contribution in [-0.4, -0.2) is 5.11 Å². The van der Waals surface area contributed by atoms with Gasteiger partial charge >= 0.3 is 0 Å². The van der Waals surface area contributed by atoms with Gasteiger partial charge in [-0.15, -0.1) is 0 Å². The minimum absolute atomic E-state index is 0.321. The van der Waals surface area contributed by atoms with E-state index in [0.717, 1.165) is 11.8 Å². The number of phenols is 1. The zero-order valence-corrected chi connectivity index (χ0v) is 14.6. The van der Waals surface area contributed by atoms with E-state index in [1.165, 1.54) is 49.7 Å². The average Bonchev–Trinajstić information content (AvgIpc) is 2.71. The molecule has 3 aliphatic carbocycles. The monoisotopic (exact) mass is 298 g/mol. The molecule has 0 spiro atoms. The summed E-state index contributed by atoms with van der Waals surface area (Å²) in [6, 6.07) is 6.14. The molecule has 1 heteroatoms. The lowest BCUT2D eigenvalue weighted by Gasteiger charge is -2.61. The first-order chi connectivity index (χ1) is 10.3. The summed E-state index contributed by atoms with van der Waals surface area (Å²) in [7, 11) is 0. The molecule has 120 valence electrons. The van der Waals surface area contributed by atoms with Crippen molar-refractivity contribution in [3.8, 4) is 5.75 Å². The molecular weight excluding hydrogens is 268 g/mol. The Morgan fingerprint density at radius 1 is 1.00 bits per heavy atom. The molecule has 1 aromatic rings.